The zero-order valence-corrected chi connectivity index (χ0v) is 16.6. The molecule has 0 amide bonds. The third-order valence-corrected chi connectivity index (χ3v) is 6.94. The molecule has 3 heterocycles. The summed E-state index contributed by atoms with van der Waals surface area (Å²) in [6.45, 7) is 3.44. The summed E-state index contributed by atoms with van der Waals surface area (Å²) in [5, 5.41) is 16.0. The lowest BCUT2D eigenvalue weighted by molar-refractivity contribution is -0.0678. The van der Waals surface area contributed by atoms with Gasteiger partial charge in [0.15, 0.2) is 0 Å². The van der Waals surface area contributed by atoms with Gasteiger partial charge in [-0.15, -0.1) is 0 Å². The van der Waals surface area contributed by atoms with E-state index in [0.29, 0.717) is 24.5 Å². The Bertz CT molecular complexity index is 919. The van der Waals surface area contributed by atoms with Crippen molar-refractivity contribution >= 4 is 0 Å². The summed E-state index contributed by atoms with van der Waals surface area (Å²) in [6.07, 6.45) is 6.02. The predicted octanol–water partition coefficient (Wildman–Crippen LogP) is 2.99. The van der Waals surface area contributed by atoms with Crippen molar-refractivity contribution < 1.29 is 5.11 Å². The number of aromatic nitrogens is 2. The lowest BCUT2D eigenvalue weighted by Gasteiger charge is -2.44. The molecule has 5 heteroatoms. The van der Waals surface area contributed by atoms with Crippen LogP contribution in [0.25, 0.3) is 0 Å². The molecule has 3 fully saturated rings. The Hall–Kier alpha value is -1.98. The number of rotatable bonds is 5. The third kappa shape index (κ3) is 3.42. The number of aliphatic hydroxyl groups is 1. The zero-order chi connectivity index (χ0) is 19.3. The van der Waals surface area contributed by atoms with Crippen LogP contribution in [0, 0.1) is 6.92 Å². The Morgan fingerprint density at radius 3 is 2.46 bits per heavy atom. The summed E-state index contributed by atoms with van der Waals surface area (Å²) >= 11 is 0. The molecule has 2 aliphatic heterocycles. The van der Waals surface area contributed by atoms with Crippen LogP contribution < -0.4 is 5.56 Å². The maximum absolute atomic E-state index is 12.3. The van der Waals surface area contributed by atoms with Crippen molar-refractivity contribution in [3.05, 3.63) is 63.6 Å². The molecule has 2 aromatic rings. The van der Waals surface area contributed by atoms with Crippen molar-refractivity contribution in [3.63, 3.8) is 0 Å². The van der Waals surface area contributed by atoms with Gasteiger partial charge in [0.25, 0.3) is 5.56 Å². The number of benzene rings is 1. The molecule has 2 unspecified atom stereocenters. The highest BCUT2D eigenvalue weighted by Crippen LogP contribution is 2.42. The topological polar surface area (TPSA) is 58.4 Å². The van der Waals surface area contributed by atoms with Gasteiger partial charge in [0, 0.05) is 30.6 Å². The normalized spacial score (nSPS) is 29.9. The van der Waals surface area contributed by atoms with Gasteiger partial charge in [0.05, 0.1) is 17.8 Å². The first kappa shape index (κ1) is 18.1. The van der Waals surface area contributed by atoms with Gasteiger partial charge in [-0.1, -0.05) is 24.3 Å². The van der Waals surface area contributed by atoms with Gasteiger partial charge < -0.3 is 5.11 Å². The van der Waals surface area contributed by atoms with E-state index in [1.54, 1.807) is 6.07 Å². The van der Waals surface area contributed by atoms with Crippen molar-refractivity contribution in [1.29, 1.82) is 0 Å². The number of hydrogen-bond donors (Lipinski definition) is 1. The van der Waals surface area contributed by atoms with Gasteiger partial charge in [-0.05, 0) is 62.6 Å². The number of nitrogens with zero attached hydrogens (tertiary/aromatic N) is 3. The van der Waals surface area contributed by atoms with Crippen molar-refractivity contribution in [3.8, 4) is 0 Å². The average molecular weight is 380 g/mol. The molecule has 0 radical (unpaired) electrons. The largest absolute Gasteiger partial charge is 0.388 e. The average Bonchev–Trinajstić information content (AvgIpc) is 3.47. The van der Waals surface area contributed by atoms with Crippen LogP contribution in [0.1, 0.15) is 61.3 Å². The minimum absolute atomic E-state index is 0.104. The molecule has 148 valence electrons. The number of piperidine rings is 1. The Morgan fingerprint density at radius 1 is 1.07 bits per heavy atom. The molecule has 0 spiro atoms. The van der Waals surface area contributed by atoms with E-state index in [2.05, 4.69) is 41.2 Å². The molecule has 28 heavy (non-hydrogen) atoms. The second kappa shape index (κ2) is 6.82. The van der Waals surface area contributed by atoms with E-state index in [9.17, 15) is 9.90 Å². The van der Waals surface area contributed by atoms with E-state index in [-0.39, 0.29) is 5.56 Å². The van der Waals surface area contributed by atoms with Crippen molar-refractivity contribution in [1.82, 2.24) is 14.7 Å². The molecule has 1 aromatic carbocycles. The van der Waals surface area contributed by atoms with E-state index in [1.807, 2.05) is 6.07 Å². The van der Waals surface area contributed by atoms with Crippen LogP contribution in [-0.2, 0) is 13.1 Å². The van der Waals surface area contributed by atoms with Crippen LogP contribution in [-0.4, -0.2) is 37.5 Å². The predicted molar refractivity (Wildman–Crippen MR) is 108 cm³/mol. The molecule has 1 N–H and O–H groups in total. The number of fused-ring (bicyclic) bond motifs is 2. The highest BCUT2D eigenvalue weighted by Gasteiger charge is 2.47. The monoisotopic (exact) mass is 379 g/mol. The summed E-state index contributed by atoms with van der Waals surface area (Å²) < 4.78 is 1.52. The zero-order valence-electron chi connectivity index (χ0n) is 16.6. The van der Waals surface area contributed by atoms with E-state index in [0.717, 1.165) is 50.8 Å². The standard InChI is InChI=1S/C23H29N3O2/c1-16-4-2-3-5-18(16)14-25-19-8-9-20(25)13-23(28,12-19)15-26-22(27)11-10-21(24-26)17-6-7-17/h2-5,10-11,17,19-20,28H,6-9,12-15H2,1H3. The van der Waals surface area contributed by atoms with Gasteiger partial charge in [0.1, 0.15) is 0 Å². The Kier molecular flexibility index (Phi) is 4.40. The molecule has 1 aromatic heterocycles. The minimum atomic E-state index is -0.840. The second-order valence-electron chi connectivity index (χ2n) is 9.14. The lowest BCUT2D eigenvalue weighted by atomic mass is 9.85. The summed E-state index contributed by atoms with van der Waals surface area (Å²) in [7, 11) is 0. The number of aryl methyl sites for hydroxylation is 1. The molecule has 5 rings (SSSR count). The third-order valence-electron chi connectivity index (χ3n) is 6.94. The first-order valence-electron chi connectivity index (χ1n) is 10.6. The molecule has 5 nitrogen and oxygen atoms in total. The first-order valence-corrected chi connectivity index (χ1v) is 10.6. The van der Waals surface area contributed by atoms with Crippen molar-refractivity contribution in [2.45, 2.75) is 82.1 Å². The maximum atomic E-state index is 12.3. The molecule has 3 aliphatic rings. The van der Waals surface area contributed by atoms with Gasteiger partial charge in [-0.3, -0.25) is 9.69 Å². The number of hydrogen-bond acceptors (Lipinski definition) is 4. The van der Waals surface area contributed by atoms with E-state index in [4.69, 9.17) is 0 Å². The highest BCUT2D eigenvalue weighted by atomic mass is 16.3. The molecule has 2 bridgehead atoms. The fourth-order valence-electron chi connectivity index (χ4n) is 5.24. The van der Waals surface area contributed by atoms with Crippen LogP contribution in [0.15, 0.2) is 41.2 Å². The van der Waals surface area contributed by atoms with Crippen LogP contribution in [0.5, 0.6) is 0 Å². The summed E-state index contributed by atoms with van der Waals surface area (Å²) in [4.78, 5) is 14.9. The summed E-state index contributed by atoms with van der Waals surface area (Å²) in [5.74, 6) is 0.508. The van der Waals surface area contributed by atoms with Crippen molar-refractivity contribution in [2.75, 3.05) is 0 Å². The Morgan fingerprint density at radius 2 is 1.79 bits per heavy atom. The van der Waals surface area contributed by atoms with Gasteiger partial charge in [-0.25, -0.2) is 4.68 Å². The van der Waals surface area contributed by atoms with Crippen molar-refractivity contribution in [2.24, 2.45) is 0 Å². The summed E-state index contributed by atoms with van der Waals surface area (Å²) in [6, 6.07) is 12.8. The quantitative estimate of drug-likeness (QED) is 0.868. The first-order chi connectivity index (χ1) is 13.5. The van der Waals surface area contributed by atoms with Crippen LogP contribution in [0.4, 0.5) is 0 Å². The minimum Gasteiger partial charge on any atom is -0.388 e. The van der Waals surface area contributed by atoms with E-state index in [1.165, 1.54) is 15.8 Å². The van der Waals surface area contributed by atoms with E-state index < -0.39 is 5.60 Å². The second-order valence-corrected chi connectivity index (χ2v) is 9.14. The lowest BCUT2D eigenvalue weighted by Crippen LogP contribution is -2.53. The molecule has 2 saturated heterocycles. The van der Waals surface area contributed by atoms with Gasteiger partial charge >= 0.3 is 0 Å². The SMILES string of the molecule is Cc1ccccc1CN1C2CCC1CC(O)(Cn1nc(C3CC3)ccc1=O)C2. The smallest absolute Gasteiger partial charge is 0.266 e. The molecular formula is C23H29N3O2. The van der Waals surface area contributed by atoms with E-state index >= 15 is 0 Å². The van der Waals surface area contributed by atoms with Gasteiger partial charge in [-0.2, -0.15) is 5.10 Å². The van der Waals surface area contributed by atoms with Gasteiger partial charge in [0.2, 0.25) is 0 Å². The molecule has 2 atom stereocenters. The summed E-state index contributed by atoms with van der Waals surface area (Å²) in [5.41, 5.74) is 2.76. The highest BCUT2D eigenvalue weighted by molar-refractivity contribution is 5.26. The fourth-order valence-corrected chi connectivity index (χ4v) is 5.24. The Labute approximate surface area is 166 Å². The van der Waals surface area contributed by atoms with Crippen LogP contribution >= 0.6 is 0 Å². The Balaban J connectivity index is 1.33. The molecular weight excluding hydrogens is 350 g/mol. The fraction of sp³-hybridized carbons (Fsp3) is 0.565. The van der Waals surface area contributed by atoms with Crippen LogP contribution in [0.3, 0.4) is 0 Å². The molecule has 1 aliphatic carbocycles. The molecule has 1 saturated carbocycles. The maximum Gasteiger partial charge on any atom is 0.266 e. The van der Waals surface area contributed by atoms with Crippen LogP contribution in [0.2, 0.25) is 0 Å².